The number of benzene rings is 2. The Morgan fingerprint density at radius 3 is 2.70 bits per heavy atom. The van der Waals surface area contributed by atoms with Crippen molar-refractivity contribution in [3.8, 4) is 0 Å². The molecule has 0 aliphatic heterocycles. The van der Waals surface area contributed by atoms with Crippen LogP contribution in [0.4, 0.5) is 15.8 Å². The van der Waals surface area contributed by atoms with Crippen LogP contribution in [0.1, 0.15) is 11.1 Å². The van der Waals surface area contributed by atoms with Gasteiger partial charge in [0.1, 0.15) is 5.82 Å². The van der Waals surface area contributed by atoms with E-state index in [0.29, 0.717) is 23.4 Å². The van der Waals surface area contributed by atoms with Crippen molar-refractivity contribution < 1.29 is 9.31 Å². The van der Waals surface area contributed by atoms with Gasteiger partial charge in [-0.05, 0) is 37.3 Å². The highest BCUT2D eigenvalue weighted by Gasteiger charge is 2.10. The van der Waals surface area contributed by atoms with E-state index < -0.39 is 4.92 Å². The van der Waals surface area contributed by atoms with Crippen LogP contribution in [0.2, 0.25) is 0 Å². The standard InChI is InChI=1S/C14H12BrFN2O2/c1-9-6-12(3-5-14(9)18(19)20)17-8-10-7-11(15)2-4-13(10)16/h2-7,17H,8H2,1H3. The maximum absolute atomic E-state index is 13.6. The zero-order valence-corrected chi connectivity index (χ0v) is 12.3. The lowest BCUT2D eigenvalue weighted by Gasteiger charge is -2.09. The highest BCUT2D eigenvalue weighted by molar-refractivity contribution is 9.10. The van der Waals surface area contributed by atoms with E-state index in [1.54, 1.807) is 31.2 Å². The van der Waals surface area contributed by atoms with Gasteiger partial charge in [0.15, 0.2) is 0 Å². The van der Waals surface area contributed by atoms with Crippen molar-refractivity contribution >= 4 is 27.3 Å². The second kappa shape index (κ2) is 6.00. The molecule has 2 aromatic carbocycles. The normalized spacial score (nSPS) is 10.3. The molecule has 6 heteroatoms. The van der Waals surface area contributed by atoms with Crippen LogP contribution >= 0.6 is 15.9 Å². The molecule has 0 amide bonds. The first kappa shape index (κ1) is 14.5. The zero-order chi connectivity index (χ0) is 14.7. The Balaban J connectivity index is 2.13. The number of aryl methyl sites for hydroxylation is 1. The molecule has 0 radical (unpaired) electrons. The second-order valence-corrected chi connectivity index (χ2v) is 5.26. The molecule has 0 fully saturated rings. The molecule has 0 saturated heterocycles. The molecule has 0 aliphatic rings. The minimum Gasteiger partial charge on any atom is -0.381 e. The molecule has 1 N–H and O–H groups in total. The van der Waals surface area contributed by atoms with Crippen molar-refractivity contribution in [3.63, 3.8) is 0 Å². The fraction of sp³-hybridized carbons (Fsp3) is 0.143. The molecular formula is C14H12BrFN2O2. The van der Waals surface area contributed by atoms with Crippen LogP contribution in [0.3, 0.4) is 0 Å². The molecule has 2 aromatic rings. The number of halogens is 2. The smallest absolute Gasteiger partial charge is 0.272 e. The highest BCUT2D eigenvalue weighted by Crippen LogP contribution is 2.22. The SMILES string of the molecule is Cc1cc(NCc2cc(Br)ccc2F)ccc1[N+](=O)[O-]. The minimum atomic E-state index is -0.424. The number of hydrogen-bond acceptors (Lipinski definition) is 3. The summed E-state index contributed by atoms with van der Waals surface area (Å²) in [6.45, 7) is 1.98. The van der Waals surface area contributed by atoms with Crippen molar-refractivity contribution in [3.05, 3.63) is 67.9 Å². The van der Waals surface area contributed by atoms with E-state index in [2.05, 4.69) is 21.2 Å². The van der Waals surface area contributed by atoms with Gasteiger partial charge < -0.3 is 5.32 Å². The van der Waals surface area contributed by atoms with E-state index in [1.165, 1.54) is 12.1 Å². The van der Waals surface area contributed by atoms with Gasteiger partial charge in [0.25, 0.3) is 5.69 Å². The molecule has 0 unspecified atom stereocenters. The lowest BCUT2D eigenvalue weighted by Crippen LogP contribution is -2.02. The number of nitro groups is 1. The number of anilines is 1. The van der Waals surface area contributed by atoms with Gasteiger partial charge in [0, 0.05) is 33.9 Å². The fourth-order valence-electron chi connectivity index (χ4n) is 1.85. The Morgan fingerprint density at radius 2 is 2.05 bits per heavy atom. The average Bonchev–Trinajstić information content (AvgIpc) is 2.39. The van der Waals surface area contributed by atoms with Crippen molar-refractivity contribution in [1.29, 1.82) is 0 Å². The van der Waals surface area contributed by atoms with Gasteiger partial charge >= 0.3 is 0 Å². The summed E-state index contributed by atoms with van der Waals surface area (Å²) < 4.78 is 14.4. The quantitative estimate of drug-likeness (QED) is 0.663. The molecule has 0 atom stereocenters. The van der Waals surface area contributed by atoms with Gasteiger partial charge in [0.05, 0.1) is 4.92 Å². The van der Waals surface area contributed by atoms with Gasteiger partial charge in [-0.3, -0.25) is 10.1 Å². The van der Waals surface area contributed by atoms with Crippen LogP contribution in [0.15, 0.2) is 40.9 Å². The Bertz CT molecular complexity index is 662. The monoisotopic (exact) mass is 338 g/mol. The number of nitro benzene ring substituents is 1. The largest absolute Gasteiger partial charge is 0.381 e. The summed E-state index contributed by atoms with van der Waals surface area (Å²) in [7, 11) is 0. The predicted octanol–water partition coefficient (Wildman–Crippen LogP) is 4.42. The Morgan fingerprint density at radius 1 is 1.30 bits per heavy atom. The number of nitrogens with one attached hydrogen (secondary N) is 1. The molecule has 0 heterocycles. The Hall–Kier alpha value is -1.95. The van der Waals surface area contributed by atoms with Gasteiger partial charge in [-0.25, -0.2) is 4.39 Å². The molecule has 0 spiro atoms. The predicted molar refractivity (Wildman–Crippen MR) is 79.3 cm³/mol. The summed E-state index contributed by atoms with van der Waals surface area (Å²) in [6, 6.07) is 9.45. The van der Waals surface area contributed by atoms with Crippen molar-refractivity contribution in [2.45, 2.75) is 13.5 Å². The molecule has 20 heavy (non-hydrogen) atoms. The Labute approximate surface area is 123 Å². The topological polar surface area (TPSA) is 55.2 Å². The van der Waals surface area contributed by atoms with E-state index in [-0.39, 0.29) is 11.5 Å². The van der Waals surface area contributed by atoms with E-state index in [9.17, 15) is 14.5 Å². The summed E-state index contributed by atoms with van der Waals surface area (Å²) in [5.74, 6) is -0.292. The lowest BCUT2D eigenvalue weighted by molar-refractivity contribution is -0.385. The summed E-state index contributed by atoms with van der Waals surface area (Å²) in [5.41, 5.74) is 1.88. The van der Waals surface area contributed by atoms with Crippen LogP contribution < -0.4 is 5.32 Å². The number of rotatable bonds is 4. The first-order valence-electron chi connectivity index (χ1n) is 5.90. The van der Waals surface area contributed by atoms with E-state index >= 15 is 0 Å². The third-order valence-electron chi connectivity index (χ3n) is 2.88. The Kier molecular flexibility index (Phi) is 4.34. The maximum Gasteiger partial charge on any atom is 0.272 e. The zero-order valence-electron chi connectivity index (χ0n) is 10.7. The van der Waals surface area contributed by atoms with Gasteiger partial charge in [-0.15, -0.1) is 0 Å². The van der Waals surface area contributed by atoms with Crippen molar-refractivity contribution in [2.24, 2.45) is 0 Å². The van der Waals surface area contributed by atoms with Gasteiger partial charge in [-0.1, -0.05) is 15.9 Å². The van der Waals surface area contributed by atoms with Crippen LogP contribution in [0, 0.1) is 22.9 Å². The summed E-state index contributed by atoms with van der Waals surface area (Å²) in [4.78, 5) is 10.3. The fourth-order valence-corrected chi connectivity index (χ4v) is 2.25. The highest BCUT2D eigenvalue weighted by atomic mass is 79.9. The molecule has 104 valence electrons. The number of nitrogens with zero attached hydrogens (tertiary/aromatic N) is 1. The van der Waals surface area contributed by atoms with Gasteiger partial charge in [0.2, 0.25) is 0 Å². The van der Waals surface area contributed by atoms with Crippen LogP contribution in [-0.2, 0) is 6.54 Å². The number of hydrogen-bond donors (Lipinski definition) is 1. The van der Waals surface area contributed by atoms with E-state index in [4.69, 9.17) is 0 Å². The van der Waals surface area contributed by atoms with Crippen molar-refractivity contribution in [1.82, 2.24) is 0 Å². The molecular weight excluding hydrogens is 327 g/mol. The first-order valence-corrected chi connectivity index (χ1v) is 6.69. The first-order chi connectivity index (χ1) is 9.47. The third kappa shape index (κ3) is 3.33. The second-order valence-electron chi connectivity index (χ2n) is 4.35. The summed E-state index contributed by atoms with van der Waals surface area (Å²) in [6.07, 6.45) is 0. The molecule has 0 saturated carbocycles. The molecule has 0 aliphatic carbocycles. The summed E-state index contributed by atoms with van der Waals surface area (Å²) >= 11 is 3.29. The third-order valence-corrected chi connectivity index (χ3v) is 3.38. The van der Waals surface area contributed by atoms with Crippen LogP contribution in [0.5, 0.6) is 0 Å². The molecule has 0 bridgehead atoms. The minimum absolute atomic E-state index is 0.0733. The van der Waals surface area contributed by atoms with Gasteiger partial charge in [-0.2, -0.15) is 0 Å². The molecule has 0 aromatic heterocycles. The van der Waals surface area contributed by atoms with E-state index in [1.807, 2.05) is 0 Å². The lowest BCUT2D eigenvalue weighted by atomic mass is 10.1. The summed E-state index contributed by atoms with van der Waals surface area (Å²) in [5, 5.41) is 13.8. The molecule has 2 rings (SSSR count). The van der Waals surface area contributed by atoms with Crippen molar-refractivity contribution in [2.75, 3.05) is 5.32 Å². The van der Waals surface area contributed by atoms with Crippen LogP contribution in [-0.4, -0.2) is 4.92 Å². The van der Waals surface area contributed by atoms with Crippen LogP contribution in [0.25, 0.3) is 0 Å². The maximum atomic E-state index is 13.6. The average molecular weight is 339 g/mol. The molecule has 4 nitrogen and oxygen atoms in total. The van der Waals surface area contributed by atoms with E-state index in [0.717, 1.165) is 4.47 Å².